The van der Waals surface area contributed by atoms with Crippen LogP contribution in [-0.2, 0) is 6.54 Å². The highest BCUT2D eigenvalue weighted by Crippen LogP contribution is 2.30. The molecule has 3 heterocycles. The summed E-state index contributed by atoms with van der Waals surface area (Å²) in [5, 5.41) is 9.85. The second-order valence-electron chi connectivity index (χ2n) is 7.29. The van der Waals surface area contributed by atoms with Gasteiger partial charge in [-0.2, -0.15) is 0 Å². The number of hydrogen-bond acceptors (Lipinski definition) is 4. The lowest BCUT2D eigenvalue weighted by molar-refractivity contribution is 0.413. The van der Waals surface area contributed by atoms with Gasteiger partial charge in [0.2, 0.25) is 0 Å². The summed E-state index contributed by atoms with van der Waals surface area (Å²) in [6, 6.07) is 20.2. The van der Waals surface area contributed by atoms with Gasteiger partial charge in [0.15, 0.2) is 0 Å². The summed E-state index contributed by atoms with van der Waals surface area (Å²) >= 11 is 1.79. The molecule has 2 aromatic heterocycles. The lowest BCUT2D eigenvalue weighted by Gasteiger charge is -2.33. The van der Waals surface area contributed by atoms with Gasteiger partial charge in [0, 0.05) is 42.0 Å². The number of nitrogens with zero attached hydrogens (tertiary/aromatic N) is 2. The number of nitrogens with one attached hydrogen (secondary N) is 1. The van der Waals surface area contributed by atoms with E-state index in [1.54, 1.807) is 11.3 Å². The molecule has 136 valence electrons. The molecule has 2 aromatic carbocycles. The van der Waals surface area contributed by atoms with Crippen molar-refractivity contribution in [3.63, 3.8) is 0 Å². The average molecular weight is 374 g/mol. The van der Waals surface area contributed by atoms with Gasteiger partial charge in [-0.25, -0.2) is 4.98 Å². The Hall–Kier alpha value is -2.43. The maximum atomic E-state index is 4.66. The third-order valence-corrected chi connectivity index (χ3v) is 6.44. The first kappa shape index (κ1) is 16.7. The highest BCUT2D eigenvalue weighted by Gasteiger charge is 2.21. The first-order valence-electron chi connectivity index (χ1n) is 9.65. The topological polar surface area (TPSA) is 28.2 Å². The summed E-state index contributed by atoms with van der Waals surface area (Å²) in [4.78, 5) is 7.11. The van der Waals surface area contributed by atoms with Gasteiger partial charge in [-0.15, -0.1) is 11.3 Å². The number of pyridine rings is 1. The van der Waals surface area contributed by atoms with Crippen LogP contribution in [0, 0.1) is 0 Å². The van der Waals surface area contributed by atoms with Crippen LogP contribution in [0.15, 0.2) is 66.2 Å². The van der Waals surface area contributed by atoms with E-state index in [4.69, 9.17) is 0 Å². The minimum atomic E-state index is 0.578. The zero-order valence-electron chi connectivity index (χ0n) is 15.3. The number of aromatic nitrogens is 1. The molecular weight excluding hydrogens is 350 g/mol. The predicted molar refractivity (Wildman–Crippen MR) is 116 cm³/mol. The first-order valence-corrected chi connectivity index (χ1v) is 10.5. The molecule has 0 amide bonds. The Labute approximate surface area is 163 Å². The molecule has 0 radical (unpaired) electrons. The van der Waals surface area contributed by atoms with Crippen molar-refractivity contribution in [1.82, 2.24) is 10.3 Å². The highest BCUT2D eigenvalue weighted by atomic mass is 32.1. The van der Waals surface area contributed by atoms with Crippen LogP contribution < -0.4 is 10.2 Å². The molecule has 0 saturated carbocycles. The van der Waals surface area contributed by atoms with E-state index < -0.39 is 0 Å². The first-order chi connectivity index (χ1) is 13.4. The third kappa shape index (κ3) is 3.43. The van der Waals surface area contributed by atoms with Crippen LogP contribution in [0.3, 0.4) is 0 Å². The van der Waals surface area contributed by atoms with E-state index >= 15 is 0 Å². The van der Waals surface area contributed by atoms with Crippen molar-refractivity contribution in [2.24, 2.45) is 0 Å². The summed E-state index contributed by atoms with van der Waals surface area (Å²) in [7, 11) is 0. The Morgan fingerprint density at radius 2 is 1.85 bits per heavy atom. The summed E-state index contributed by atoms with van der Waals surface area (Å²) in [6.07, 6.45) is 4.27. The smallest absolute Gasteiger partial charge is 0.137 e. The van der Waals surface area contributed by atoms with Gasteiger partial charge in [0.05, 0.1) is 0 Å². The number of rotatable bonds is 4. The Morgan fingerprint density at radius 1 is 1.00 bits per heavy atom. The van der Waals surface area contributed by atoms with E-state index in [1.807, 2.05) is 6.20 Å². The molecule has 3 nitrogen and oxygen atoms in total. The van der Waals surface area contributed by atoms with E-state index in [0.29, 0.717) is 6.04 Å². The van der Waals surface area contributed by atoms with Crippen LogP contribution in [0.5, 0.6) is 0 Å². The number of piperidine rings is 1. The highest BCUT2D eigenvalue weighted by molar-refractivity contribution is 7.17. The number of benzene rings is 2. The second kappa shape index (κ2) is 7.29. The maximum Gasteiger partial charge on any atom is 0.137 e. The van der Waals surface area contributed by atoms with Crippen molar-refractivity contribution in [1.29, 1.82) is 0 Å². The van der Waals surface area contributed by atoms with Crippen LogP contribution in [0.2, 0.25) is 0 Å². The van der Waals surface area contributed by atoms with Crippen LogP contribution in [0.4, 0.5) is 5.82 Å². The second-order valence-corrected chi connectivity index (χ2v) is 8.24. The van der Waals surface area contributed by atoms with Crippen LogP contribution in [0.25, 0.3) is 20.9 Å². The fraction of sp³-hybridized carbons (Fsp3) is 0.261. The van der Waals surface area contributed by atoms with Gasteiger partial charge in [-0.1, -0.05) is 36.4 Å². The molecule has 4 heteroatoms. The number of anilines is 1. The molecule has 1 fully saturated rings. The van der Waals surface area contributed by atoms with Crippen molar-refractivity contribution in [3.8, 4) is 0 Å². The average Bonchev–Trinajstić information content (AvgIpc) is 3.21. The lowest BCUT2D eigenvalue weighted by atomic mass is 10.0. The molecule has 5 rings (SSSR count). The van der Waals surface area contributed by atoms with Gasteiger partial charge >= 0.3 is 0 Å². The minimum absolute atomic E-state index is 0.578. The molecule has 1 aliphatic heterocycles. The SMILES string of the molecule is c1ccc2cc(CNC3CCN(c4nccc5sccc45)CC3)ccc2c1. The molecule has 0 bridgehead atoms. The Kier molecular flexibility index (Phi) is 4.52. The molecule has 27 heavy (non-hydrogen) atoms. The fourth-order valence-electron chi connectivity index (χ4n) is 4.04. The lowest BCUT2D eigenvalue weighted by Crippen LogP contribution is -2.42. The van der Waals surface area contributed by atoms with E-state index in [2.05, 4.69) is 75.2 Å². The Bertz CT molecular complexity index is 1060. The summed E-state index contributed by atoms with van der Waals surface area (Å²) in [5.41, 5.74) is 1.36. The van der Waals surface area contributed by atoms with Crippen molar-refractivity contribution in [3.05, 3.63) is 71.7 Å². The molecule has 1 saturated heterocycles. The van der Waals surface area contributed by atoms with Gasteiger partial charge in [-0.3, -0.25) is 0 Å². The standard InChI is InChI=1S/C23H23N3S/c1-2-4-19-15-17(5-6-18(19)3-1)16-25-20-8-12-26(13-9-20)23-21-10-14-27-22(21)7-11-24-23/h1-7,10-11,14-15,20,25H,8-9,12-13,16H2. The van der Waals surface area contributed by atoms with E-state index in [0.717, 1.165) is 38.3 Å². The van der Waals surface area contributed by atoms with Crippen LogP contribution in [0.1, 0.15) is 18.4 Å². The van der Waals surface area contributed by atoms with Gasteiger partial charge < -0.3 is 10.2 Å². The van der Waals surface area contributed by atoms with E-state index in [9.17, 15) is 0 Å². The van der Waals surface area contributed by atoms with Gasteiger partial charge in [0.1, 0.15) is 5.82 Å². The van der Waals surface area contributed by atoms with Crippen LogP contribution >= 0.6 is 11.3 Å². The van der Waals surface area contributed by atoms with Crippen molar-refractivity contribution >= 4 is 38.0 Å². The number of thiophene rings is 1. The number of hydrogen-bond donors (Lipinski definition) is 1. The van der Waals surface area contributed by atoms with Crippen molar-refractivity contribution in [2.45, 2.75) is 25.4 Å². The molecule has 0 aliphatic carbocycles. The van der Waals surface area contributed by atoms with Gasteiger partial charge in [0.25, 0.3) is 0 Å². The fourth-order valence-corrected chi connectivity index (χ4v) is 4.81. The third-order valence-electron chi connectivity index (χ3n) is 5.56. The summed E-state index contributed by atoms with van der Waals surface area (Å²) < 4.78 is 1.33. The quantitative estimate of drug-likeness (QED) is 0.532. The molecule has 0 spiro atoms. The predicted octanol–water partition coefficient (Wildman–Crippen LogP) is 5.21. The molecule has 4 aromatic rings. The van der Waals surface area contributed by atoms with E-state index in [-0.39, 0.29) is 0 Å². The largest absolute Gasteiger partial charge is 0.356 e. The van der Waals surface area contributed by atoms with Crippen LogP contribution in [-0.4, -0.2) is 24.1 Å². The van der Waals surface area contributed by atoms with Gasteiger partial charge in [-0.05, 0) is 52.8 Å². The Morgan fingerprint density at radius 3 is 2.74 bits per heavy atom. The molecule has 0 atom stereocenters. The number of fused-ring (bicyclic) bond motifs is 2. The van der Waals surface area contributed by atoms with Crippen molar-refractivity contribution in [2.75, 3.05) is 18.0 Å². The normalized spacial score (nSPS) is 15.6. The molecular formula is C23H23N3S. The van der Waals surface area contributed by atoms with E-state index in [1.165, 1.54) is 26.4 Å². The molecule has 0 unspecified atom stereocenters. The summed E-state index contributed by atoms with van der Waals surface area (Å²) in [5.74, 6) is 1.15. The molecule has 1 N–H and O–H groups in total. The Balaban J connectivity index is 1.21. The monoisotopic (exact) mass is 373 g/mol. The molecule has 1 aliphatic rings. The summed E-state index contributed by atoms with van der Waals surface area (Å²) in [6.45, 7) is 3.07. The zero-order chi connectivity index (χ0) is 18.1. The zero-order valence-corrected chi connectivity index (χ0v) is 16.1. The van der Waals surface area contributed by atoms with Crippen molar-refractivity contribution < 1.29 is 0 Å². The maximum absolute atomic E-state index is 4.66. The minimum Gasteiger partial charge on any atom is -0.356 e.